The van der Waals surface area contributed by atoms with Crippen molar-refractivity contribution < 1.29 is 41.8 Å². The van der Waals surface area contributed by atoms with Crippen LogP contribution in [0.3, 0.4) is 0 Å². The average molecular weight is 567 g/mol. The van der Waals surface area contributed by atoms with Crippen LogP contribution < -0.4 is 5.32 Å². The normalized spacial score (nSPS) is 24.4. The molecule has 4 heterocycles. The molecule has 0 unspecified atom stereocenters. The van der Waals surface area contributed by atoms with Gasteiger partial charge in [-0.05, 0) is 37.5 Å². The number of piperidine rings is 1. The smallest absolute Gasteiger partial charge is 0.420 e. The molecule has 2 aliphatic carbocycles. The van der Waals surface area contributed by atoms with Crippen LogP contribution >= 0.6 is 0 Å². The fourth-order valence-corrected chi connectivity index (χ4v) is 5.93. The third kappa shape index (κ3) is 5.14. The van der Waals surface area contributed by atoms with E-state index in [1.54, 1.807) is 15.8 Å². The highest BCUT2D eigenvalue weighted by Crippen LogP contribution is 2.48. The monoisotopic (exact) mass is 566 g/mol. The largest absolute Gasteiger partial charge is 0.455 e. The van der Waals surface area contributed by atoms with Gasteiger partial charge in [0.2, 0.25) is 5.76 Å². The zero-order valence-corrected chi connectivity index (χ0v) is 22.3. The van der Waals surface area contributed by atoms with Gasteiger partial charge in [-0.25, -0.2) is 0 Å². The second-order valence-corrected chi connectivity index (χ2v) is 11.4. The lowest BCUT2D eigenvalue weighted by atomic mass is 9.86. The lowest BCUT2D eigenvalue weighted by Crippen LogP contribution is -2.45. The van der Waals surface area contributed by atoms with E-state index >= 15 is 0 Å². The molecule has 0 bridgehead atoms. The topological polar surface area (TPSA) is 119 Å². The molecule has 2 N–H and O–H groups in total. The molecule has 0 spiro atoms. The molecule has 2 atom stereocenters. The summed E-state index contributed by atoms with van der Waals surface area (Å²) in [6.45, 7) is 4.50. The van der Waals surface area contributed by atoms with Crippen molar-refractivity contribution in [1.82, 2.24) is 20.0 Å². The van der Waals surface area contributed by atoms with Crippen molar-refractivity contribution in [3.63, 3.8) is 0 Å². The van der Waals surface area contributed by atoms with E-state index in [-0.39, 0.29) is 54.3 Å². The molecule has 6 rings (SSSR count). The van der Waals surface area contributed by atoms with E-state index in [2.05, 4.69) is 10.4 Å². The number of carbonyl (C=O) groups excluding carboxylic acids is 2. The molecule has 2 aliphatic heterocycles. The van der Waals surface area contributed by atoms with Crippen LogP contribution in [0.4, 0.5) is 13.2 Å². The van der Waals surface area contributed by atoms with Crippen molar-refractivity contribution in [3.05, 3.63) is 28.8 Å². The highest BCUT2D eigenvalue weighted by atomic mass is 19.4. The number of carbonyl (C=O) groups is 2. The number of aromatic nitrogens is 2. The molecule has 3 fully saturated rings. The SMILES string of the molecule is C[C@@H]1Cc2oc(C(=O)NC[C@@H]3COCCO3)c(C(F)(F)F)c2-c2nn(CC3CCN(C(=O)C4(O)CC4)CC3)cc21. The number of amides is 2. The van der Waals surface area contributed by atoms with Crippen LogP contribution in [0.25, 0.3) is 11.3 Å². The summed E-state index contributed by atoms with van der Waals surface area (Å²) in [5.74, 6) is -1.79. The van der Waals surface area contributed by atoms with Gasteiger partial charge in [0.15, 0.2) is 0 Å². The van der Waals surface area contributed by atoms with E-state index in [1.807, 2.05) is 6.92 Å². The standard InChI is InChI=1S/C27H33F3N4O6/c1-15-10-19-20(21(27(28,29)30)23(40-19)24(35)31-11-17-14-38-8-9-39-17)22-18(15)13-34(32-22)12-16-2-6-33(7-3-16)25(36)26(37)4-5-26/h13,15-17,37H,2-12,14H2,1H3,(H,31,35)/t15-,17-/m1/s1. The minimum atomic E-state index is -4.83. The van der Waals surface area contributed by atoms with Gasteiger partial charge in [0.25, 0.3) is 11.8 Å². The molecular formula is C27H33F3N4O6. The fraction of sp³-hybridized carbons (Fsp3) is 0.667. The van der Waals surface area contributed by atoms with E-state index < -0.39 is 35.1 Å². The quantitative estimate of drug-likeness (QED) is 0.552. The summed E-state index contributed by atoms with van der Waals surface area (Å²) in [5, 5.41) is 17.2. The summed E-state index contributed by atoms with van der Waals surface area (Å²) in [4.78, 5) is 27.0. The predicted molar refractivity (Wildman–Crippen MR) is 133 cm³/mol. The Hall–Kier alpha value is -2.90. The maximum Gasteiger partial charge on any atom is 0.420 e. The number of aliphatic hydroxyl groups is 1. The van der Waals surface area contributed by atoms with E-state index in [1.165, 1.54) is 0 Å². The number of nitrogens with one attached hydrogen (secondary N) is 1. The second-order valence-electron chi connectivity index (χ2n) is 11.4. The summed E-state index contributed by atoms with van der Waals surface area (Å²) >= 11 is 0. The Labute approximate surface area is 228 Å². The van der Waals surface area contributed by atoms with Gasteiger partial charge in [-0.15, -0.1) is 0 Å². The maximum atomic E-state index is 14.4. The molecule has 2 aromatic rings. The lowest BCUT2D eigenvalue weighted by Gasteiger charge is -2.33. The Bertz CT molecular complexity index is 1290. The van der Waals surface area contributed by atoms with Gasteiger partial charge in [-0.2, -0.15) is 18.3 Å². The summed E-state index contributed by atoms with van der Waals surface area (Å²) < 4.78 is 61.3. The van der Waals surface area contributed by atoms with Crippen molar-refractivity contribution in [1.29, 1.82) is 0 Å². The number of hydrogen-bond acceptors (Lipinski definition) is 7. The van der Waals surface area contributed by atoms with Crippen molar-refractivity contribution in [2.75, 3.05) is 39.5 Å². The fourth-order valence-electron chi connectivity index (χ4n) is 5.93. The van der Waals surface area contributed by atoms with Gasteiger partial charge >= 0.3 is 6.18 Å². The molecule has 4 aliphatic rings. The van der Waals surface area contributed by atoms with Gasteiger partial charge in [0.1, 0.15) is 16.9 Å². The predicted octanol–water partition coefficient (Wildman–Crippen LogP) is 2.73. The van der Waals surface area contributed by atoms with Crippen LogP contribution in [-0.2, 0) is 33.4 Å². The Kier molecular flexibility index (Phi) is 6.94. The number of rotatable bonds is 6. The van der Waals surface area contributed by atoms with E-state index in [0.29, 0.717) is 64.1 Å². The molecule has 2 saturated heterocycles. The summed E-state index contributed by atoms with van der Waals surface area (Å²) in [7, 11) is 0. The zero-order chi connectivity index (χ0) is 28.2. The Balaban J connectivity index is 1.21. The average Bonchev–Trinajstić information content (AvgIpc) is 3.35. The van der Waals surface area contributed by atoms with E-state index in [9.17, 15) is 27.9 Å². The maximum absolute atomic E-state index is 14.4. The van der Waals surface area contributed by atoms with Crippen molar-refractivity contribution in [2.24, 2.45) is 5.92 Å². The summed E-state index contributed by atoms with van der Waals surface area (Å²) in [6, 6.07) is 0. The van der Waals surface area contributed by atoms with Crippen LogP contribution in [0.5, 0.6) is 0 Å². The van der Waals surface area contributed by atoms with Crippen LogP contribution in [0, 0.1) is 5.92 Å². The molecule has 0 radical (unpaired) electrons. The molecular weight excluding hydrogens is 533 g/mol. The first kappa shape index (κ1) is 27.3. The minimum absolute atomic E-state index is 0.00147. The summed E-state index contributed by atoms with van der Waals surface area (Å²) in [6.07, 6.45) is -0.825. The number of fused-ring (bicyclic) bond motifs is 3. The zero-order valence-electron chi connectivity index (χ0n) is 22.3. The third-order valence-electron chi connectivity index (χ3n) is 8.36. The van der Waals surface area contributed by atoms with Crippen LogP contribution in [0.15, 0.2) is 10.6 Å². The number of halogens is 3. The minimum Gasteiger partial charge on any atom is -0.455 e. The molecule has 13 heteroatoms. The van der Waals surface area contributed by atoms with Gasteiger partial charge in [0.05, 0.1) is 37.2 Å². The van der Waals surface area contributed by atoms with Gasteiger partial charge < -0.3 is 29.2 Å². The number of ether oxygens (including phenoxy) is 2. The number of nitrogens with zero attached hydrogens (tertiary/aromatic N) is 3. The Morgan fingerprint density at radius 2 is 1.98 bits per heavy atom. The molecule has 10 nitrogen and oxygen atoms in total. The lowest BCUT2D eigenvalue weighted by molar-refractivity contribution is -0.144. The van der Waals surface area contributed by atoms with Gasteiger partial charge in [-0.3, -0.25) is 14.3 Å². The highest BCUT2D eigenvalue weighted by Gasteiger charge is 2.50. The van der Waals surface area contributed by atoms with E-state index in [4.69, 9.17) is 13.9 Å². The van der Waals surface area contributed by atoms with E-state index in [0.717, 1.165) is 0 Å². The molecule has 1 saturated carbocycles. The Morgan fingerprint density at radius 1 is 1.23 bits per heavy atom. The first-order valence-corrected chi connectivity index (χ1v) is 13.8. The first-order chi connectivity index (χ1) is 19.0. The first-order valence-electron chi connectivity index (χ1n) is 13.8. The number of likely N-dealkylation sites (tertiary alicyclic amines) is 1. The number of alkyl halides is 3. The van der Waals surface area contributed by atoms with Crippen molar-refractivity contribution in [3.8, 4) is 11.3 Å². The summed E-state index contributed by atoms with van der Waals surface area (Å²) in [5.41, 5.74) is -1.58. The third-order valence-corrected chi connectivity index (χ3v) is 8.36. The number of furan rings is 1. The Morgan fingerprint density at radius 3 is 2.62 bits per heavy atom. The second kappa shape index (κ2) is 10.2. The van der Waals surface area contributed by atoms with Crippen LogP contribution in [0.1, 0.15) is 66.0 Å². The highest BCUT2D eigenvalue weighted by molar-refractivity contribution is 5.96. The molecule has 218 valence electrons. The molecule has 2 amide bonds. The van der Waals surface area contributed by atoms with Crippen molar-refractivity contribution in [2.45, 2.75) is 69.4 Å². The van der Waals surface area contributed by atoms with Crippen LogP contribution in [-0.4, -0.2) is 82.8 Å². The molecule has 2 aromatic heterocycles. The molecule has 40 heavy (non-hydrogen) atoms. The van der Waals surface area contributed by atoms with Gasteiger partial charge in [0, 0.05) is 44.4 Å². The van der Waals surface area contributed by atoms with Crippen LogP contribution in [0.2, 0.25) is 0 Å². The molecule has 0 aromatic carbocycles. The number of hydrogen-bond donors (Lipinski definition) is 2. The van der Waals surface area contributed by atoms with Crippen molar-refractivity contribution >= 4 is 11.8 Å². The van der Waals surface area contributed by atoms with Gasteiger partial charge in [-0.1, -0.05) is 6.92 Å².